The fourth-order valence-corrected chi connectivity index (χ4v) is 4.62. The summed E-state index contributed by atoms with van der Waals surface area (Å²) in [5, 5.41) is 1.38. The third-order valence-electron chi connectivity index (χ3n) is 6.16. The van der Waals surface area contributed by atoms with E-state index in [4.69, 9.17) is 21.1 Å². The van der Waals surface area contributed by atoms with Crippen molar-refractivity contribution in [3.8, 4) is 11.5 Å². The summed E-state index contributed by atoms with van der Waals surface area (Å²) in [6, 6.07) is 12.3. The van der Waals surface area contributed by atoms with Crippen LogP contribution in [0, 0.1) is 17.5 Å². The van der Waals surface area contributed by atoms with Gasteiger partial charge in [0.15, 0.2) is 18.2 Å². The van der Waals surface area contributed by atoms with E-state index in [0.717, 1.165) is 22.5 Å². The molecule has 5 rings (SSSR count). The highest BCUT2D eigenvalue weighted by Gasteiger charge is 2.37. The summed E-state index contributed by atoms with van der Waals surface area (Å²) < 4.78 is 53.9. The summed E-state index contributed by atoms with van der Waals surface area (Å²) in [6.07, 6.45) is 0.469. The number of fused-ring (bicyclic) bond motifs is 3. The van der Waals surface area contributed by atoms with Crippen LogP contribution in [0.3, 0.4) is 0 Å². The molecule has 1 aromatic heterocycles. The van der Waals surface area contributed by atoms with Gasteiger partial charge in [0, 0.05) is 39.8 Å². The molecule has 1 aliphatic heterocycles. The van der Waals surface area contributed by atoms with Crippen LogP contribution in [0.5, 0.6) is 11.5 Å². The topological polar surface area (TPSA) is 54.6 Å². The van der Waals surface area contributed by atoms with Crippen molar-refractivity contribution < 1.29 is 27.4 Å². The highest BCUT2D eigenvalue weighted by atomic mass is 35.5. The van der Waals surface area contributed by atoms with Crippen LogP contribution < -0.4 is 9.47 Å². The number of hydrogen-bond acceptors (Lipinski definition) is 3. The largest absolute Gasteiger partial charge is 0.497 e. The van der Waals surface area contributed by atoms with Crippen LogP contribution in [0.1, 0.15) is 22.9 Å². The minimum absolute atomic E-state index is 0.150. The van der Waals surface area contributed by atoms with E-state index < -0.39 is 29.4 Å². The van der Waals surface area contributed by atoms with Gasteiger partial charge in [0.05, 0.1) is 7.11 Å². The number of amides is 1. The van der Waals surface area contributed by atoms with Crippen molar-refractivity contribution in [3.63, 3.8) is 0 Å². The van der Waals surface area contributed by atoms with E-state index in [1.165, 1.54) is 4.90 Å². The number of hydrogen-bond donors (Lipinski definition) is 1. The van der Waals surface area contributed by atoms with Crippen LogP contribution in [0.4, 0.5) is 13.2 Å². The molecule has 0 saturated heterocycles. The van der Waals surface area contributed by atoms with Crippen molar-refractivity contribution in [2.24, 2.45) is 0 Å². The molecular formula is C26H20ClF3N2O3. The number of aromatic amines is 1. The van der Waals surface area contributed by atoms with Crippen LogP contribution in [-0.2, 0) is 11.2 Å². The van der Waals surface area contributed by atoms with Crippen LogP contribution in [-0.4, -0.2) is 36.1 Å². The molecule has 9 heteroatoms. The molecule has 0 spiro atoms. The molecule has 0 fully saturated rings. The number of carbonyl (C=O) groups is 1. The van der Waals surface area contributed by atoms with E-state index >= 15 is 0 Å². The summed E-state index contributed by atoms with van der Waals surface area (Å²) in [5.41, 5.74) is 2.00. The average molecular weight is 501 g/mol. The molecule has 1 N–H and O–H groups in total. The van der Waals surface area contributed by atoms with Gasteiger partial charge in [-0.25, -0.2) is 13.2 Å². The number of rotatable bonds is 5. The van der Waals surface area contributed by atoms with Crippen molar-refractivity contribution in [1.29, 1.82) is 0 Å². The van der Waals surface area contributed by atoms with Gasteiger partial charge < -0.3 is 19.4 Å². The van der Waals surface area contributed by atoms with E-state index in [2.05, 4.69) is 4.98 Å². The van der Waals surface area contributed by atoms with Gasteiger partial charge in [-0.15, -0.1) is 0 Å². The summed E-state index contributed by atoms with van der Waals surface area (Å²) in [5.74, 6) is -2.80. The summed E-state index contributed by atoms with van der Waals surface area (Å²) >= 11 is 5.89. The van der Waals surface area contributed by atoms with E-state index in [1.807, 2.05) is 12.1 Å². The second kappa shape index (κ2) is 9.19. The molecule has 3 aromatic carbocycles. The number of benzene rings is 3. The molecule has 0 radical (unpaired) electrons. The van der Waals surface area contributed by atoms with E-state index in [0.29, 0.717) is 34.7 Å². The van der Waals surface area contributed by atoms with Crippen LogP contribution in [0.2, 0.25) is 5.02 Å². The van der Waals surface area contributed by atoms with Crippen LogP contribution >= 0.6 is 11.6 Å². The molecule has 1 amide bonds. The SMILES string of the molecule is COc1ccc2[nH]c3c(c2c1)CCN(C(=O)COc1ccc(Cl)cc1)[C@H]3c1cc(F)c(F)cc1F. The Bertz CT molecular complexity index is 1420. The molecule has 1 aliphatic rings. The first-order valence-electron chi connectivity index (χ1n) is 10.9. The standard InChI is InChI=1S/C26H20ClF3N2O3/c1-34-16-6-7-23-18(10-16)17-8-9-32(24(33)13-35-15-4-2-14(27)3-5-15)26(25(17)31-23)19-11-21(29)22(30)12-20(19)28/h2-7,10-12,26,31H,8-9,13H2,1H3/t26-/m0/s1. The number of aromatic nitrogens is 1. The number of nitrogens with zero attached hydrogens (tertiary/aromatic N) is 1. The second-order valence-electron chi connectivity index (χ2n) is 8.20. The Morgan fingerprint density at radius 2 is 1.74 bits per heavy atom. The molecule has 0 bridgehead atoms. The Morgan fingerprint density at radius 1 is 1.03 bits per heavy atom. The molecule has 0 aliphatic carbocycles. The molecule has 180 valence electrons. The number of methoxy groups -OCH3 is 1. The van der Waals surface area contributed by atoms with Crippen LogP contribution in [0.15, 0.2) is 54.6 Å². The number of nitrogens with one attached hydrogen (secondary N) is 1. The third-order valence-corrected chi connectivity index (χ3v) is 6.42. The Morgan fingerprint density at radius 3 is 2.49 bits per heavy atom. The minimum Gasteiger partial charge on any atom is -0.497 e. The second-order valence-corrected chi connectivity index (χ2v) is 8.64. The molecule has 35 heavy (non-hydrogen) atoms. The first kappa shape index (κ1) is 23.1. The zero-order valence-electron chi connectivity index (χ0n) is 18.6. The maximum absolute atomic E-state index is 15.0. The quantitative estimate of drug-likeness (QED) is 0.352. The fourth-order valence-electron chi connectivity index (χ4n) is 4.49. The maximum Gasteiger partial charge on any atom is 0.261 e. The van der Waals surface area contributed by atoms with Gasteiger partial charge in [-0.05, 0) is 60.5 Å². The Labute approximate surface area is 204 Å². The average Bonchev–Trinajstić information content (AvgIpc) is 3.23. The molecule has 5 nitrogen and oxygen atoms in total. The molecule has 0 saturated carbocycles. The van der Waals surface area contributed by atoms with Crippen molar-refractivity contribution in [2.75, 3.05) is 20.3 Å². The maximum atomic E-state index is 15.0. The van der Waals surface area contributed by atoms with Gasteiger partial charge in [0.2, 0.25) is 0 Å². The summed E-state index contributed by atoms with van der Waals surface area (Å²) in [7, 11) is 1.56. The van der Waals surface area contributed by atoms with E-state index in [-0.39, 0.29) is 18.7 Å². The smallest absolute Gasteiger partial charge is 0.261 e. The van der Waals surface area contributed by atoms with Crippen molar-refractivity contribution in [3.05, 3.63) is 93.9 Å². The minimum atomic E-state index is -1.30. The molecule has 0 unspecified atom stereocenters. The van der Waals surface area contributed by atoms with Crippen molar-refractivity contribution in [1.82, 2.24) is 9.88 Å². The first-order chi connectivity index (χ1) is 16.9. The molecule has 4 aromatic rings. The predicted molar refractivity (Wildman–Crippen MR) is 125 cm³/mol. The predicted octanol–water partition coefficient (Wildman–Crippen LogP) is 5.80. The number of halogens is 4. The first-order valence-corrected chi connectivity index (χ1v) is 11.2. The normalized spacial score (nSPS) is 15.2. The monoisotopic (exact) mass is 500 g/mol. The number of carbonyl (C=O) groups excluding carboxylic acids is 1. The van der Waals surface area contributed by atoms with Crippen LogP contribution in [0.25, 0.3) is 10.9 Å². The van der Waals surface area contributed by atoms with Gasteiger partial charge >= 0.3 is 0 Å². The van der Waals surface area contributed by atoms with Crippen molar-refractivity contribution in [2.45, 2.75) is 12.5 Å². The van der Waals surface area contributed by atoms with Gasteiger partial charge in [-0.2, -0.15) is 0 Å². The lowest BCUT2D eigenvalue weighted by Crippen LogP contribution is -2.43. The number of ether oxygens (including phenoxy) is 2. The lowest BCUT2D eigenvalue weighted by atomic mass is 9.91. The molecule has 1 atom stereocenters. The Hall–Kier alpha value is -3.65. The molecular weight excluding hydrogens is 481 g/mol. The Kier molecular flexibility index (Phi) is 6.06. The summed E-state index contributed by atoms with van der Waals surface area (Å²) in [6.45, 7) is -0.101. The van der Waals surface area contributed by atoms with Gasteiger partial charge in [-0.1, -0.05) is 11.6 Å². The fraction of sp³-hybridized carbons (Fsp3) is 0.192. The Balaban J connectivity index is 1.56. The lowest BCUT2D eigenvalue weighted by molar-refractivity contribution is -0.135. The van der Waals surface area contributed by atoms with Gasteiger partial charge in [0.25, 0.3) is 5.91 Å². The lowest BCUT2D eigenvalue weighted by Gasteiger charge is -2.36. The third kappa shape index (κ3) is 4.30. The highest BCUT2D eigenvalue weighted by Crippen LogP contribution is 2.40. The zero-order valence-corrected chi connectivity index (χ0v) is 19.3. The van der Waals surface area contributed by atoms with Crippen molar-refractivity contribution >= 4 is 28.4 Å². The van der Waals surface area contributed by atoms with Gasteiger partial charge in [0.1, 0.15) is 23.4 Å². The highest BCUT2D eigenvalue weighted by molar-refractivity contribution is 6.30. The molecule has 2 heterocycles. The number of H-pyrrole nitrogens is 1. The summed E-state index contributed by atoms with van der Waals surface area (Å²) in [4.78, 5) is 17.9. The zero-order chi connectivity index (χ0) is 24.7. The van der Waals surface area contributed by atoms with E-state index in [1.54, 1.807) is 37.4 Å². The van der Waals surface area contributed by atoms with E-state index in [9.17, 15) is 18.0 Å². The van der Waals surface area contributed by atoms with Gasteiger partial charge in [-0.3, -0.25) is 4.79 Å².